The maximum Gasteiger partial charge on any atom is 0.144 e. The summed E-state index contributed by atoms with van der Waals surface area (Å²) < 4.78 is 10.7. The van der Waals surface area contributed by atoms with Gasteiger partial charge in [-0.25, -0.2) is 0 Å². The highest BCUT2D eigenvalue weighted by Crippen LogP contribution is 2.35. The van der Waals surface area contributed by atoms with E-state index in [1.54, 1.807) is 0 Å². The smallest absolute Gasteiger partial charge is 0.144 e. The summed E-state index contributed by atoms with van der Waals surface area (Å²) in [6.45, 7) is 4.55. The number of dihydropyridines is 1. The monoisotopic (exact) mass is 243 g/mol. The van der Waals surface area contributed by atoms with Gasteiger partial charge in [-0.15, -0.1) is 0 Å². The van der Waals surface area contributed by atoms with Crippen LogP contribution < -0.4 is 5.32 Å². The minimum absolute atomic E-state index is 0.436. The average molecular weight is 243 g/mol. The van der Waals surface area contributed by atoms with Gasteiger partial charge in [-0.3, -0.25) is 0 Å². The van der Waals surface area contributed by atoms with E-state index in [9.17, 15) is 10.5 Å². The molecule has 0 unspecified atom stereocenters. The first-order valence-corrected chi connectivity index (χ1v) is 5.62. The highest BCUT2D eigenvalue weighted by Gasteiger charge is 2.33. The van der Waals surface area contributed by atoms with E-state index in [4.69, 9.17) is 9.47 Å². The lowest BCUT2D eigenvalue weighted by Gasteiger charge is -2.28. The minimum Gasteiger partial charge on any atom is -0.494 e. The van der Waals surface area contributed by atoms with Crippen molar-refractivity contribution in [3.63, 3.8) is 0 Å². The molecule has 0 fully saturated rings. The molecule has 2 rings (SSSR count). The molecule has 0 aromatic rings. The number of nitrogens with zero attached hydrogens (tertiary/aromatic N) is 2. The topological polar surface area (TPSA) is 78.1 Å². The van der Waals surface area contributed by atoms with Gasteiger partial charge in [-0.05, 0) is 13.8 Å². The second-order valence-corrected chi connectivity index (χ2v) is 4.10. The fourth-order valence-corrected chi connectivity index (χ4v) is 2.11. The molecule has 5 nitrogen and oxygen atoms in total. The third kappa shape index (κ3) is 1.91. The molecule has 2 heterocycles. The molecule has 2 aliphatic rings. The van der Waals surface area contributed by atoms with Crippen LogP contribution >= 0.6 is 0 Å². The number of allylic oxidation sites excluding steroid dienone is 3. The van der Waals surface area contributed by atoms with E-state index in [2.05, 4.69) is 17.5 Å². The molecule has 0 aromatic carbocycles. The van der Waals surface area contributed by atoms with Crippen molar-refractivity contribution in [2.75, 3.05) is 13.2 Å². The Kier molecular flexibility index (Phi) is 3.25. The normalized spacial score (nSPS) is 20.1. The fraction of sp³-hybridized carbons (Fsp3) is 0.385. The van der Waals surface area contributed by atoms with Gasteiger partial charge in [0.15, 0.2) is 0 Å². The van der Waals surface area contributed by atoms with Crippen LogP contribution in [0.25, 0.3) is 0 Å². The molecule has 0 atom stereocenters. The van der Waals surface area contributed by atoms with Gasteiger partial charge < -0.3 is 14.8 Å². The maximum absolute atomic E-state index is 9.26. The Balaban J connectivity index is 2.50. The maximum atomic E-state index is 9.26. The lowest BCUT2D eigenvalue weighted by Crippen LogP contribution is -2.27. The van der Waals surface area contributed by atoms with Gasteiger partial charge in [-0.1, -0.05) is 0 Å². The molecule has 0 aliphatic carbocycles. The highest BCUT2D eigenvalue weighted by molar-refractivity contribution is 5.50. The summed E-state index contributed by atoms with van der Waals surface area (Å²) in [7, 11) is 0. The van der Waals surface area contributed by atoms with Crippen molar-refractivity contribution < 1.29 is 9.47 Å². The number of nitrogens with one attached hydrogen (secondary N) is 1. The Morgan fingerprint density at radius 2 is 1.78 bits per heavy atom. The standard InChI is InChI=1S/C13H13N3O2/c1-8-10(5-14)13(11(6-15)9(2)16-8)12-7-17-3-4-18-12/h7,13,16H,3-4H2,1-2H3. The summed E-state index contributed by atoms with van der Waals surface area (Å²) in [4.78, 5) is 0. The molecule has 1 N–H and O–H groups in total. The molecule has 0 saturated carbocycles. The second kappa shape index (κ2) is 4.85. The van der Waals surface area contributed by atoms with Crippen LogP contribution in [0.15, 0.2) is 34.6 Å². The molecular formula is C13H13N3O2. The molecular weight excluding hydrogens is 230 g/mol. The molecule has 18 heavy (non-hydrogen) atoms. The number of hydrogen-bond acceptors (Lipinski definition) is 5. The van der Waals surface area contributed by atoms with Crippen LogP contribution in [0.1, 0.15) is 13.8 Å². The quantitative estimate of drug-likeness (QED) is 0.758. The van der Waals surface area contributed by atoms with E-state index >= 15 is 0 Å². The summed E-state index contributed by atoms with van der Waals surface area (Å²) in [6, 6.07) is 4.28. The SMILES string of the molecule is CC1=C(C#N)C(C2=COCCO2)C(C#N)=C(C)N1. The van der Waals surface area contributed by atoms with Crippen molar-refractivity contribution in [2.45, 2.75) is 13.8 Å². The van der Waals surface area contributed by atoms with Crippen molar-refractivity contribution in [2.24, 2.45) is 5.92 Å². The molecule has 0 saturated heterocycles. The summed E-state index contributed by atoms with van der Waals surface area (Å²) in [6.07, 6.45) is 1.49. The Hall–Kier alpha value is -2.40. The molecule has 2 aliphatic heterocycles. The first-order chi connectivity index (χ1) is 8.69. The summed E-state index contributed by atoms with van der Waals surface area (Å²) in [5, 5.41) is 21.6. The highest BCUT2D eigenvalue weighted by atomic mass is 16.6. The molecule has 5 heteroatoms. The minimum atomic E-state index is -0.457. The van der Waals surface area contributed by atoms with Crippen molar-refractivity contribution in [1.29, 1.82) is 10.5 Å². The Morgan fingerprint density at radius 1 is 1.17 bits per heavy atom. The van der Waals surface area contributed by atoms with Gasteiger partial charge in [0, 0.05) is 11.4 Å². The number of rotatable bonds is 1. The first-order valence-electron chi connectivity index (χ1n) is 5.62. The first kappa shape index (κ1) is 12.1. The molecule has 0 amide bonds. The van der Waals surface area contributed by atoms with E-state index in [0.717, 1.165) is 11.4 Å². The fourth-order valence-electron chi connectivity index (χ4n) is 2.11. The number of ether oxygens (including phenoxy) is 2. The summed E-state index contributed by atoms with van der Waals surface area (Å²) >= 11 is 0. The number of hydrogen-bond donors (Lipinski definition) is 1. The van der Waals surface area contributed by atoms with E-state index in [0.29, 0.717) is 30.1 Å². The van der Waals surface area contributed by atoms with Crippen molar-refractivity contribution in [1.82, 2.24) is 5.32 Å². The second-order valence-electron chi connectivity index (χ2n) is 4.10. The Morgan fingerprint density at radius 3 is 2.22 bits per heavy atom. The number of nitriles is 2. The summed E-state index contributed by atoms with van der Waals surface area (Å²) in [5.74, 6) is 0.0658. The van der Waals surface area contributed by atoms with Crippen molar-refractivity contribution >= 4 is 0 Å². The van der Waals surface area contributed by atoms with E-state index in [1.807, 2.05) is 13.8 Å². The molecule has 0 aromatic heterocycles. The van der Waals surface area contributed by atoms with Crippen LogP contribution in [0.4, 0.5) is 0 Å². The summed E-state index contributed by atoms with van der Waals surface area (Å²) in [5.41, 5.74) is 2.48. The van der Waals surface area contributed by atoms with Gasteiger partial charge in [-0.2, -0.15) is 10.5 Å². The average Bonchev–Trinajstić information content (AvgIpc) is 2.39. The zero-order valence-corrected chi connectivity index (χ0v) is 10.3. The van der Waals surface area contributed by atoms with Gasteiger partial charge >= 0.3 is 0 Å². The molecule has 0 spiro atoms. The van der Waals surface area contributed by atoms with Crippen molar-refractivity contribution in [3.8, 4) is 12.1 Å². The zero-order chi connectivity index (χ0) is 13.1. The van der Waals surface area contributed by atoms with Crippen LogP contribution in [-0.4, -0.2) is 13.2 Å². The van der Waals surface area contributed by atoms with E-state index in [-0.39, 0.29) is 0 Å². The van der Waals surface area contributed by atoms with E-state index < -0.39 is 5.92 Å². The lowest BCUT2D eigenvalue weighted by atomic mass is 9.85. The van der Waals surface area contributed by atoms with Gasteiger partial charge in [0.2, 0.25) is 0 Å². The van der Waals surface area contributed by atoms with Gasteiger partial charge in [0.1, 0.15) is 25.2 Å². The Labute approximate surface area is 106 Å². The van der Waals surface area contributed by atoms with Crippen LogP contribution in [0, 0.1) is 28.6 Å². The largest absolute Gasteiger partial charge is 0.494 e. The predicted molar refractivity (Wildman–Crippen MR) is 63.2 cm³/mol. The third-order valence-corrected chi connectivity index (χ3v) is 2.96. The zero-order valence-electron chi connectivity index (χ0n) is 10.3. The van der Waals surface area contributed by atoms with Crippen molar-refractivity contribution in [3.05, 3.63) is 34.6 Å². The van der Waals surface area contributed by atoms with Crippen LogP contribution in [0.3, 0.4) is 0 Å². The van der Waals surface area contributed by atoms with Gasteiger partial charge in [0.05, 0.1) is 29.2 Å². The third-order valence-electron chi connectivity index (χ3n) is 2.96. The lowest BCUT2D eigenvalue weighted by molar-refractivity contribution is 0.0737. The molecule has 92 valence electrons. The Bertz CT molecular complexity index is 508. The van der Waals surface area contributed by atoms with Crippen LogP contribution in [0.5, 0.6) is 0 Å². The van der Waals surface area contributed by atoms with Crippen LogP contribution in [0.2, 0.25) is 0 Å². The molecule has 0 bridgehead atoms. The van der Waals surface area contributed by atoms with Crippen LogP contribution in [-0.2, 0) is 9.47 Å². The molecule has 0 radical (unpaired) electrons. The van der Waals surface area contributed by atoms with Gasteiger partial charge in [0.25, 0.3) is 0 Å². The van der Waals surface area contributed by atoms with E-state index in [1.165, 1.54) is 6.26 Å². The predicted octanol–water partition coefficient (Wildman–Crippen LogP) is 1.69.